The lowest BCUT2D eigenvalue weighted by molar-refractivity contribution is 0.0773. The van der Waals surface area contributed by atoms with E-state index in [1.807, 2.05) is 27.7 Å². The highest BCUT2D eigenvalue weighted by molar-refractivity contribution is 5.68. The summed E-state index contributed by atoms with van der Waals surface area (Å²) in [6.45, 7) is 14.1. The highest BCUT2D eigenvalue weighted by atomic mass is 16.6. The van der Waals surface area contributed by atoms with Gasteiger partial charge in [-0.15, -0.1) is 0 Å². The van der Waals surface area contributed by atoms with E-state index in [-0.39, 0.29) is 23.2 Å². The summed E-state index contributed by atoms with van der Waals surface area (Å²) in [5, 5.41) is 2.77. The first kappa shape index (κ1) is 14.3. The average molecular weight is 215 g/mol. The zero-order valence-corrected chi connectivity index (χ0v) is 11.1. The molecule has 0 aromatic carbocycles. The lowest BCUT2D eigenvalue weighted by atomic mass is 9.90. The molecule has 1 amide bonds. The number of alkyl carbamates (subject to hydrolysis) is 1. The molecule has 15 heavy (non-hydrogen) atoms. The van der Waals surface area contributed by atoms with Crippen LogP contribution in [0.1, 0.15) is 54.9 Å². The molecule has 90 valence electrons. The summed E-state index contributed by atoms with van der Waals surface area (Å²) in [6.07, 6.45) is 0.483. The van der Waals surface area contributed by atoms with Gasteiger partial charge in [-0.2, -0.15) is 0 Å². The fourth-order valence-corrected chi connectivity index (χ4v) is 1.42. The van der Waals surface area contributed by atoms with Gasteiger partial charge in [-0.3, -0.25) is 0 Å². The van der Waals surface area contributed by atoms with Crippen LogP contribution in [0.15, 0.2) is 0 Å². The highest BCUT2D eigenvalue weighted by Crippen LogP contribution is 2.22. The SMILES string of the molecule is C[C@H](CC(C)(C)C)OC(=O)NC(C)(C)C. The van der Waals surface area contributed by atoms with Crippen molar-refractivity contribution in [2.24, 2.45) is 5.41 Å². The molecule has 0 rings (SSSR count). The van der Waals surface area contributed by atoms with E-state index in [1.54, 1.807) is 0 Å². The molecule has 0 aliphatic rings. The number of nitrogens with one attached hydrogen (secondary N) is 1. The molecule has 0 unspecified atom stereocenters. The van der Waals surface area contributed by atoms with Crippen molar-refractivity contribution in [3.8, 4) is 0 Å². The highest BCUT2D eigenvalue weighted by Gasteiger charge is 2.20. The second-order valence-corrected chi connectivity index (χ2v) is 6.36. The number of ether oxygens (including phenoxy) is 1. The third-order valence-corrected chi connectivity index (χ3v) is 1.69. The molecule has 0 spiro atoms. The summed E-state index contributed by atoms with van der Waals surface area (Å²) in [6, 6.07) is 0. The van der Waals surface area contributed by atoms with Gasteiger partial charge in [-0.25, -0.2) is 4.79 Å². The molecule has 1 N–H and O–H groups in total. The van der Waals surface area contributed by atoms with Gasteiger partial charge < -0.3 is 10.1 Å². The van der Waals surface area contributed by atoms with E-state index in [4.69, 9.17) is 4.74 Å². The monoisotopic (exact) mass is 215 g/mol. The topological polar surface area (TPSA) is 38.3 Å². The van der Waals surface area contributed by atoms with Crippen molar-refractivity contribution in [3.63, 3.8) is 0 Å². The molecule has 0 aliphatic heterocycles. The van der Waals surface area contributed by atoms with E-state index >= 15 is 0 Å². The van der Waals surface area contributed by atoms with Crippen molar-refractivity contribution in [1.29, 1.82) is 0 Å². The second-order valence-electron chi connectivity index (χ2n) is 6.36. The summed E-state index contributed by atoms with van der Waals surface area (Å²) in [7, 11) is 0. The molecule has 0 aromatic rings. The normalized spacial score (nSPS) is 14.6. The van der Waals surface area contributed by atoms with Crippen LogP contribution in [-0.2, 0) is 4.74 Å². The Bertz CT molecular complexity index is 211. The molecule has 0 saturated carbocycles. The Morgan fingerprint density at radius 3 is 2.00 bits per heavy atom. The number of amides is 1. The number of carbonyl (C=O) groups excluding carboxylic acids is 1. The Labute approximate surface area is 93.6 Å². The first-order chi connectivity index (χ1) is 6.49. The first-order valence-electron chi connectivity index (χ1n) is 5.48. The third kappa shape index (κ3) is 9.57. The summed E-state index contributed by atoms with van der Waals surface area (Å²) in [4.78, 5) is 11.4. The van der Waals surface area contributed by atoms with Gasteiger partial charge in [0.1, 0.15) is 6.10 Å². The van der Waals surface area contributed by atoms with Crippen molar-refractivity contribution in [3.05, 3.63) is 0 Å². The molecule has 3 heteroatoms. The van der Waals surface area contributed by atoms with Gasteiger partial charge >= 0.3 is 6.09 Å². The van der Waals surface area contributed by atoms with Crippen molar-refractivity contribution in [2.45, 2.75) is 66.5 Å². The van der Waals surface area contributed by atoms with Gasteiger partial charge in [0.25, 0.3) is 0 Å². The zero-order chi connectivity index (χ0) is 12.3. The molecule has 1 atom stereocenters. The van der Waals surface area contributed by atoms with E-state index < -0.39 is 0 Å². The van der Waals surface area contributed by atoms with E-state index in [0.717, 1.165) is 6.42 Å². The molecule has 0 fully saturated rings. The van der Waals surface area contributed by atoms with Crippen LogP contribution >= 0.6 is 0 Å². The van der Waals surface area contributed by atoms with Crippen LogP contribution in [0.2, 0.25) is 0 Å². The summed E-state index contributed by atoms with van der Waals surface area (Å²) >= 11 is 0. The maximum absolute atomic E-state index is 11.4. The Kier molecular flexibility index (Phi) is 4.63. The first-order valence-corrected chi connectivity index (χ1v) is 5.48. The summed E-state index contributed by atoms with van der Waals surface area (Å²) in [5.74, 6) is 0. The predicted octanol–water partition coefficient (Wildman–Crippen LogP) is 3.34. The van der Waals surface area contributed by atoms with Gasteiger partial charge in [0, 0.05) is 5.54 Å². The lowest BCUT2D eigenvalue weighted by Crippen LogP contribution is -2.42. The van der Waals surface area contributed by atoms with Crippen LogP contribution in [0.5, 0.6) is 0 Å². The van der Waals surface area contributed by atoms with Gasteiger partial charge in [0.15, 0.2) is 0 Å². The Hall–Kier alpha value is -0.730. The van der Waals surface area contributed by atoms with Crippen LogP contribution in [-0.4, -0.2) is 17.7 Å². The largest absolute Gasteiger partial charge is 0.447 e. The van der Waals surface area contributed by atoms with Crippen molar-refractivity contribution >= 4 is 6.09 Å². The van der Waals surface area contributed by atoms with Gasteiger partial charge in [-0.1, -0.05) is 20.8 Å². The predicted molar refractivity (Wildman–Crippen MR) is 62.9 cm³/mol. The third-order valence-electron chi connectivity index (χ3n) is 1.69. The smallest absolute Gasteiger partial charge is 0.407 e. The number of hydrogen-bond acceptors (Lipinski definition) is 2. The lowest BCUT2D eigenvalue weighted by Gasteiger charge is -2.25. The van der Waals surface area contributed by atoms with E-state index in [2.05, 4.69) is 26.1 Å². The van der Waals surface area contributed by atoms with Crippen LogP contribution in [0, 0.1) is 5.41 Å². The standard InChI is InChI=1S/C12H25NO2/c1-9(8-11(2,3)4)15-10(14)13-12(5,6)7/h9H,8H2,1-7H3,(H,13,14)/t9-/m1/s1. The zero-order valence-electron chi connectivity index (χ0n) is 11.1. The van der Waals surface area contributed by atoms with Crippen molar-refractivity contribution in [1.82, 2.24) is 5.32 Å². The van der Waals surface area contributed by atoms with E-state index in [1.165, 1.54) is 0 Å². The summed E-state index contributed by atoms with van der Waals surface area (Å²) < 4.78 is 5.25. The van der Waals surface area contributed by atoms with Gasteiger partial charge in [0.05, 0.1) is 0 Å². The van der Waals surface area contributed by atoms with Gasteiger partial charge in [-0.05, 0) is 39.5 Å². The Balaban J connectivity index is 3.98. The maximum Gasteiger partial charge on any atom is 0.407 e. The number of hydrogen-bond donors (Lipinski definition) is 1. The second kappa shape index (κ2) is 4.86. The molecule has 0 bridgehead atoms. The minimum atomic E-state index is -0.334. The minimum Gasteiger partial charge on any atom is -0.447 e. The minimum absolute atomic E-state index is 0.0488. The molecular formula is C12H25NO2. The van der Waals surface area contributed by atoms with Crippen LogP contribution < -0.4 is 5.32 Å². The fraction of sp³-hybridized carbons (Fsp3) is 0.917. The van der Waals surface area contributed by atoms with E-state index in [9.17, 15) is 4.79 Å². The quantitative estimate of drug-likeness (QED) is 0.767. The van der Waals surface area contributed by atoms with Crippen LogP contribution in [0.3, 0.4) is 0 Å². The molecule has 0 saturated heterocycles. The number of rotatable bonds is 2. The van der Waals surface area contributed by atoms with Crippen molar-refractivity contribution < 1.29 is 9.53 Å². The average Bonchev–Trinajstić information content (AvgIpc) is 1.73. The molecular weight excluding hydrogens is 190 g/mol. The van der Waals surface area contributed by atoms with E-state index in [0.29, 0.717) is 0 Å². The Morgan fingerprint density at radius 2 is 1.67 bits per heavy atom. The molecule has 0 aliphatic carbocycles. The fourth-order valence-electron chi connectivity index (χ4n) is 1.42. The molecule has 0 heterocycles. The van der Waals surface area contributed by atoms with Crippen LogP contribution in [0.4, 0.5) is 4.79 Å². The summed E-state index contributed by atoms with van der Waals surface area (Å²) in [5.41, 5.74) is -0.0556. The molecule has 3 nitrogen and oxygen atoms in total. The van der Waals surface area contributed by atoms with Crippen molar-refractivity contribution in [2.75, 3.05) is 0 Å². The van der Waals surface area contributed by atoms with Crippen LogP contribution in [0.25, 0.3) is 0 Å². The molecule has 0 aromatic heterocycles. The van der Waals surface area contributed by atoms with Gasteiger partial charge in [0.2, 0.25) is 0 Å². The molecule has 0 radical (unpaired) electrons. The maximum atomic E-state index is 11.4. The Morgan fingerprint density at radius 1 is 1.20 bits per heavy atom. The number of carbonyl (C=O) groups is 1.